The average Bonchev–Trinajstić information content (AvgIpc) is 3.08. The van der Waals surface area contributed by atoms with Crippen LogP contribution in [0.25, 0.3) is 0 Å². The molecule has 2 aromatic rings. The number of benzene rings is 1. The summed E-state index contributed by atoms with van der Waals surface area (Å²) in [5.41, 5.74) is 1.64. The molecule has 1 aromatic heterocycles. The van der Waals surface area contributed by atoms with E-state index in [9.17, 15) is 9.90 Å². The molecule has 2 N–H and O–H groups in total. The normalized spacial score (nSPS) is 18.0. The summed E-state index contributed by atoms with van der Waals surface area (Å²) >= 11 is 1.76. The number of hydrogen-bond donors (Lipinski definition) is 2. The van der Waals surface area contributed by atoms with Crippen molar-refractivity contribution in [3.63, 3.8) is 0 Å². The first-order valence-electron chi connectivity index (χ1n) is 8.06. The molecular formula is C18H22N2O2S. The van der Waals surface area contributed by atoms with E-state index in [4.69, 9.17) is 0 Å². The van der Waals surface area contributed by atoms with Crippen molar-refractivity contribution in [2.75, 3.05) is 25.0 Å². The maximum Gasteiger partial charge on any atom is 0.254 e. The largest absolute Gasteiger partial charge is 0.391 e. The van der Waals surface area contributed by atoms with Gasteiger partial charge in [-0.15, -0.1) is 11.3 Å². The number of aliphatic hydroxyl groups is 1. The van der Waals surface area contributed by atoms with Gasteiger partial charge in [-0.05, 0) is 48.9 Å². The molecular weight excluding hydrogens is 308 g/mol. The number of thiophene rings is 1. The summed E-state index contributed by atoms with van der Waals surface area (Å²) in [5, 5.41) is 15.2. The molecule has 0 saturated carbocycles. The van der Waals surface area contributed by atoms with Gasteiger partial charge in [0.2, 0.25) is 0 Å². The maximum absolute atomic E-state index is 12.5. The van der Waals surface area contributed by atoms with E-state index in [2.05, 4.69) is 22.8 Å². The molecule has 1 aliphatic rings. The molecule has 0 unspecified atom stereocenters. The van der Waals surface area contributed by atoms with Crippen LogP contribution in [-0.2, 0) is 6.42 Å². The molecule has 122 valence electrons. The number of piperidine rings is 1. The lowest BCUT2D eigenvalue weighted by atomic mass is 10.1. The highest BCUT2D eigenvalue weighted by Gasteiger charge is 2.23. The van der Waals surface area contributed by atoms with Crippen LogP contribution in [-0.4, -0.2) is 41.7 Å². The lowest BCUT2D eigenvalue weighted by molar-refractivity contribution is 0.0474. The monoisotopic (exact) mass is 330 g/mol. The highest BCUT2D eigenvalue weighted by molar-refractivity contribution is 7.09. The summed E-state index contributed by atoms with van der Waals surface area (Å²) in [7, 11) is 0. The SMILES string of the molecule is O=C(c1cccc(NCCc2cccs2)c1)N1CCC[C@H](O)C1. The molecule has 1 aliphatic heterocycles. The van der Waals surface area contributed by atoms with Gasteiger partial charge in [-0.2, -0.15) is 0 Å². The second kappa shape index (κ2) is 7.62. The molecule has 3 rings (SSSR count). The van der Waals surface area contributed by atoms with Crippen molar-refractivity contribution >= 4 is 22.9 Å². The van der Waals surface area contributed by atoms with Crippen LogP contribution < -0.4 is 5.32 Å². The first-order chi connectivity index (χ1) is 11.2. The van der Waals surface area contributed by atoms with Gasteiger partial charge in [0.25, 0.3) is 5.91 Å². The molecule has 1 amide bonds. The minimum absolute atomic E-state index is 0.00524. The average molecular weight is 330 g/mol. The van der Waals surface area contributed by atoms with Crippen molar-refractivity contribution in [1.29, 1.82) is 0 Å². The van der Waals surface area contributed by atoms with Gasteiger partial charge >= 0.3 is 0 Å². The van der Waals surface area contributed by atoms with Crippen LogP contribution in [0.4, 0.5) is 5.69 Å². The number of hydrogen-bond acceptors (Lipinski definition) is 4. The van der Waals surface area contributed by atoms with Crippen molar-refractivity contribution in [2.24, 2.45) is 0 Å². The minimum atomic E-state index is -0.389. The Morgan fingerprint density at radius 2 is 2.26 bits per heavy atom. The van der Waals surface area contributed by atoms with Gasteiger partial charge in [0.05, 0.1) is 6.10 Å². The van der Waals surface area contributed by atoms with E-state index >= 15 is 0 Å². The Balaban J connectivity index is 1.59. The Kier molecular flexibility index (Phi) is 5.31. The minimum Gasteiger partial charge on any atom is -0.391 e. The number of likely N-dealkylation sites (tertiary alicyclic amines) is 1. The zero-order valence-corrected chi connectivity index (χ0v) is 13.9. The molecule has 4 nitrogen and oxygen atoms in total. The fourth-order valence-electron chi connectivity index (χ4n) is 2.87. The van der Waals surface area contributed by atoms with Crippen LogP contribution >= 0.6 is 11.3 Å². The summed E-state index contributed by atoms with van der Waals surface area (Å²) in [4.78, 5) is 15.6. The van der Waals surface area contributed by atoms with Crippen LogP contribution in [0.15, 0.2) is 41.8 Å². The van der Waals surface area contributed by atoms with Crippen molar-refractivity contribution in [3.05, 3.63) is 52.2 Å². The Hall–Kier alpha value is -1.85. The van der Waals surface area contributed by atoms with Gasteiger partial charge in [0.15, 0.2) is 0 Å². The van der Waals surface area contributed by atoms with Crippen molar-refractivity contribution < 1.29 is 9.90 Å². The Morgan fingerprint density at radius 1 is 1.35 bits per heavy atom. The van der Waals surface area contributed by atoms with Gasteiger partial charge < -0.3 is 15.3 Å². The molecule has 0 bridgehead atoms. The smallest absolute Gasteiger partial charge is 0.254 e. The number of amides is 1. The Bertz CT molecular complexity index is 642. The third-order valence-electron chi connectivity index (χ3n) is 4.07. The second-order valence-electron chi connectivity index (χ2n) is 5.88. The molecule has 23 heavy (non-hydrogen) atoms. The summed E-state index contributed by atoms with van der Waals surface area (Å²) in [6.45, 7) is 2.02. The molecule has 0 spiro atoms. The molecule has 2 heterocycles. The van der Waals surface area contributed by atoms with Gasteiger partial charge in [-0.25, -0.2) is 0 Å². The summed E-state index contributed by atoms with van der Waals surface area (Å²) in [6, 6.07) is 11.8. The van der Waals surface area contributed by atoms with E-state index in [1.165, 1.54) is 4.88 Å². The third kappa shape index (κ3) is 4.33. The predicted molar refractivity (Wildman–Crippen MR) is 94.1 cm³/mol. The molecule has 5 heteroatoms. The van der Waals surface area contributed by atoms with Crippen LogP contribution in [0.5, 0.6) is 0 Å². The molecule has 1 fully saturated rings. The molecule has 1 aromatic carbocycles. The van der Waals surface area contributed by atoms with Crippen molar-refractivity contribution in [2.45, 2.75) is 25.4 Å². The number of aliphatic hydroxyl groups excluding tert-OH is 1. The van der Waals surface area contributed by atoms with E-state index in [0.29, 0.717) is 12.1 Å². The van der Waals surface area contributed by atoms with E-state index in [-0.39, 0.29) is 12.0 Å². The summed E-state index contributed by atoms with van der Waals surface area (Å²) in [6.07, 6.45) is 2.24. The van der Waals surface area contributed by atoms with E-state index in [1.54, 1.807) is 16.2 Å². The van der Waals surface area contributed by atoms with E-state index in [1.807, 2.05) is 24.3 Å². The van der Waals surface area contributed by atoms with Crippen LogP contribution in [0.2, 0.25) is 0 Å². The Labute approximate surface area is 140 Å². The number of carbonyl (C=O) groups is 1. The van der Waals surface area contributed by atoms with Gasteiger partial charge in [0, 0.05) is 35.8 Å². The summed E-state index contributed by atoms with van der Waals surface area (Å²) < 4.78 is 0. The molecule has 1 saturated heterocycles. The van der Waals surface area contributed by atoms with Crippen molar-refractivity contribution in [3.8, 4) is 0 Å². The topological polar surface area (TPSA) is 52.6 Å². The fraction of sp³-hybridized carbons (Fsp3) is 0.389. The van der Waals surface area contributed by atoms with Gasteiger partial charge in [0.1, 0.15) is 0 Å². The number of rotatable bonds is 5. The second-order valence-corrected chi connectivity index (χ2v) is 6.92. The fourth-order valence-corrected chi connectivity index (χ4v) is 3.58. The molecule has 0 aliphatic carbocycles. The van der Waals surface area contributed by atoms with E-state index in [0.717, 1.165) is 38.0 Å². The highest BCUT2D eigenvalue weighted by atomic mass is 32.1. The zero-order chi connectivity index (χ0) is 16.1. The lowest BCUT2D eigenvalue weighted by Gasteiger charge is -2.30. The van der Waals surface area contributed by atoms with Crippen LogP contribution in [0.3, 0.4) is 0 Å². The maximum atomic E-state index is 12.5. The molecule has 1 atom stereocenters. The van der Waals surface area contributed by atoms with Crippen molar-refractivity contribution in [1.82, 2.24) is 4.90 Å². The van der Waals surface area contributed by atoms with Crippen LogP contribution in [0.1, 0.15) is 28.1 Å². The van der Waals surface area contributed by atoms with Gasteiger partial charge in [-0.3, -0.25) is 4.79 Å². The number of anilines is 1. The first-order valence-corrected chi connectivity index (χ1v) is 8.94. The zero-order valence-electron chi connectivity index (χ0n) is 13.1. The Morgan fingerprint density at radius 3 is 3.04 bits per heavy atom. The quantitative estimate of drug-likeness (QED) is 0.886. The van der Waals surface area contributed by atoms with Crippen LogP contribution in [0, 0.1) is 0 Å². The predicted octanol–water partition coefficient (Wildman–Crippen LogP) is 3.00. The molecule has 0 radical (unpaired) electrons. The number of β-amino-alcohol motifs (C(OH)–C–C–N with tert-alkyl or cyclic N) is 1. The summed E-state index contributed by atoms with van der Waals surface area (Å²) in [5.74, 6) is 0.00524. The van der Waals surface area contributed by atoms with E-state index < -0.39 is 0 Å². The number of nitrogens with one attached hydrogen (secondary N) is 1. The third-order valence-corrected chi connectivity index (χ3v) is 5.01. The number of nitrogens with zero attached hydrogens (tertiary/aromatic N) is 1. The highest BCUT2D eigenvalue weighted by Crippen LogP contribution is 2.17. The number of carbonyl (C=O) groups excluding carboxylic acids is 1. The first kappa shape index (κ1) is 16.0. The standard InChI is InChI=1S/C18H22N2O2S/c21-16-6-2-10-20(13-16)18(22)14-4-1-5-15(12-14)19-9-8-17-7-3-11-23-17/h1,3-5,7,11-12,16,19,21H,2,6,8-10,13H2/t16-/m0/s1. The lowest BCUT2D eigenvalue weighted by Crippen LogP contribution is -2.42. The van der Waals surface area contributed by atoms with Gasteiger partial charge in [-0.1, -0.05) is 12.1 Å².